The number of hydrogen-bond acceptors (Lipinski definition) is 5. The molecule has 1 unspecified atom stereocenters. The van der Waals surface area contributed by atoms with E-state index in [0.29, 0.717) is 11.4 Å². The Balaban J connectivity index is 1.94. The maximum atomic E-state index is 11.8. The molecule has 28 heavy (non-hydrogen) atoms. The summed E-state index contributed by atoms with van der Waals surface area (Å²) in [5, 5.41) is 8.45. The van der Waals surface area contributed by atoms with Crippen molar-refractivity contribution in [1.82, 2.24) is 10.3 Å². The summed E-state index contributed by atoms with van der Waals surface area (Å²) in [6, 6.07) is 14.7. The SMILES string of the molecule is COc1cccc(C(NC(C)=O)c2nc(-c3cccc(NC(C)=O)c3)cs2)c1. The summed E-state index contributed by atoms with van der Waals surface area (Å²) in [6.45, 7) is 2.96. The number of nitrogens with one attached hydrogen (secondary N) is 2. The number of benzene rings is 2. The minimum absolute atomic E-state index is 0.125. The molecule has 1 atom stereocenters. The van der Waals surface area contributed by atoms with Crippen molar-refractivity contribution in [1.29, 1.82) is 0 Å². The molecular formula is C21H21N3O3S. The van der Waals surface area contributed by atoms with E-state index in [-0.39, 0.29) is 17.9 Å². The molecule has 0 aliphatic rings. The maximum Gasteiger partial charge on any atom is 0.221 e. The van der Waals surface area contributed by atoms with E-state index >= 15 is 0 Å². The number of nitrogens with zero attached hydrogens (tertiary/aromatic N) is 1. The second kappa shape index (κ2) is 8.67. The van der Waals surface area contributed by atoms with E-state index in [4.69, 9.17) is 9.72 Å². The van der Waals surface area contributed by atoms with Crippen molar-refractivity contribution in [2.75, 3.05) is 12.4 Å². The van der Waals surface area contributed by atoms with Crippen molar-refractivity contribution in [2.45, 2.75) is 19.9 Å². The van der Waals surface area contributed by atoms with Gasteiger partial charge < -0.3 is 15.4 Å². The topological polar surface area (TPSA) is 80.3 Å². The van der Waals surface area contributed by atoms with Crippen molar-refractivity contribution in [3.63, 3.8) is 0 Å². The quantitative estimate of drug-likeness (QED) is 0.661. The minimum Gasteiger partial charge on any atom is -0.497 e. The highest BCUT2D eigenvalue weighted by Gasteiger charge is 2.20. The van der Waals surface area contributed by atoms with E-state index in [0.717, 1.165) is 21.8 Å². The van der Waals surface area contributed by atoms with Crippen molar-refractivity contribution >= 4 is 28.8 Å². The van der Waals surface area contributed by atoms with Gasteiger partial charge >= 0.3 is 0 Å². The molecule has 3 rings (SSSR count). The number of rotatable bonds is 6. The zero-order valence-electron chi connectivity index (χ0n) is 15.9. The maximum absolute atomic E-state index is 11.8. The summed E-state index contributed by atoms with van der Waals surface area (Å²) < 4.78 is 5.30. The van der Waals surface area contributed by atoms with Crippen LogP contribution in [0.3, 0.4) is 0 Å². The zero-order valence-corrected chi connectivity index (χ0v) is 16.7. The van der Waals surface area contributed by atoms with Crippen LogP contribution in [0, 0.1) is 0 Å². The fourth-order valence-electron chi connectivity index (χ4n) is 2.82. The third kappa shape index (κ3) is 4.75. The fraction of sp³-hybridized carbons (Fsp3) is 0.190. The molecule has 2 amide bonds. The first-order chi connectivity index (χ1) is 13.5. The minimum atomic E-state index is -0.370. The molecule has 7 heteroatoms. The van der Waals surface area contributed by atoms with Gasteiger partial charge in [-0.25, -0.2) is 4.98 Å². The van der Waals surface area contributed by atoms with Crippen LogP contribution in [0.4, 0.5) is 5.69 Å². The molecule has 1 heterocycles. The molecule has 6 nitrogen and oxygen atoms in total. The van der Waals surface area contributed by atoms with Crippen LogP contribution in [-0.4, -0.2) is 23.9 Å². The molecule has 1 aromatic heterocycles. The Morgan fingerprint density at radius 1 is 1.07 bits per heavy atom. The molecule has 3 aromatic rings. The van der Waals surface area contributed by atoms with Gasteiger partial charge in [-0.2, -0.15) is 0 Å². The highest BCUT2D eigenvalue weighted by atomic mass is 32.1. The van der Waals surface area contributed by atoms with Gasteiger partial charge in [0.15, 0.2) is 0 Å². The van der Waals surface area contributed by atoms with Gasteiger partial charge in [0.25, 0.3) is 0 Å². The number of carbonyl (C=O) groups excluding carboxylic acids is 2. The Bertz CT molecular complexity index is 1000. The Hall–Kier alpha value is -3.19. The van der Waals surface area contributed by atoms with Crippen molar-refractivity contribution in [3.05, 3.63) is 64.5 Å². The third-order valence-corrected chi connectivity index (χ3v) is 4.93. The van der Waals surface area contributed by atoms with Crippen molar-refractivity contribution < 1.29 is 14.3 Å². The van der Waals surface area contributed by atoms with E-state index < -0.39 is 0 Å². The summed E-state index contributed by atoms with van der Waals surface area (Å²) in [5.41, 5.74) is 3.28. The van der Waals surface area contributed by atoms with Crippen molar-refractivity contribution in [2.24, 2.45) is 0 Å². The lowest BCUT2D eigenvalue weighted by atomic mass is 10.1. The standard InChI is InChI=1S/C21H21N3O3S/c1-13(25)22-17-8-4-6-15(10-17)19-12-28-21(24-19)20(23-14(2)26)16-7-5-9-18(11-16)27-3/h4-12,20H,1-3H3,(H,22,25)(H,23,26). The van der Waals surface area contributed by atoms with Crippen LogP contribution in [0.1, 0.15) is 30.5 Å². The highest BCUT2D eigenvalue weighted by molar-refractivity contribution is 7.10. The van der Waals surface area contributed by atoms with Gasteiger partial charge in [-0.1, -0.05) is 24.3 Å². The van der Waals surface area contributed by atoms with Crippen LogP contribution in [0.25, 0.3) is 11.3 Å². The Morgan fingerprint density at radius 3 is 2.57 bits per heavy atom. The number of thiazole rings is 1. The van der Waals surface area contributed by atoms with Crippen molar-refractivity contribution in [3.8, 4) is 17.0 Å². The van der Waals surface area contributed by atoms with E-state index in [1.54, 1.807) is 7.11 Å². The number of ether oxygens (including phenoxy) is 1. The predicted octanol–water partition coefficient (Wildman–Crippen LogP) is 4.00. The van der Waals surface area contributed by atoms with Crippen LogP contribution in [0.15, 0.2) is 53.9 Å². The molecular weight excluding hydrogens is 374 g/mol. The largest absolute Gasteiger partial charge is 0.497 e. The Labute approximate surface area is 167 Å². The summed E-state index contributed by atoms with van der Waals surface area (Å²) >= 11 is 1.47. The number of methoxy groups -OCH3 is 1. The van der Waals surface area contributed by atoms with Crippen LogP contribution in [0.5, 0.6) is 5.75 Å². The number of hydrogen-bond donors (Lipinski definition) is 2. The number of aromatic nitrogens is 1. The molecule has 0 radical (unpaired) electrons. The second-order valence-corrected chi connectivity index (χ2v) is 7.13. The van der Waals surface area contributed by atoms with E-state index in [1.165, 1.54) is 25.2 Å². The molecule has 0 saturated heterocycles. The fourth-order valence-corrected chi connectivity index (χ4v) is 3.73. The van der Waals surface area contributed by atoms with Gasteiger partial charge in [-0.05, 0) is 29.8 Å². The van der Waals surface area contributed by atoms with Crippen LogP contribution < -0.4 is 15.4 Å². The van der Waals surface area contributed by atoms with Crippen LogP contribution in [-0.2, 0) is 9.59 Å². The smallest absolute Gasteiger partial charge is 0.221 e. The molecule has 2 N–H and O–H groups in total. The molecule has 0 aliphatic carbocycles. The summed E-state index contributed by atoms with van der Waals surface area (Å²) in [7, 11) is 1.61. The second-order valence-electron chi connectivity index (χ2n) is 6.24. The van der Waals surface area contributed by atoms with Crippen LogP contribution in [0.2, 0.25) is 0 Å². The van der Waals surface area contributed by atoms with Gasteiger partial charge in [0.2, 0.25) is 11.8 Å². The molecule has 0 bridgehead atoms. The molecule has 0 saturated carbocycles. The molecule has 144 valence electrons. The average molecular weight is 395 g/mol. The van der Waals surface area contributed by atoms with Crippen LogP contribution >= 0.6 is 11.3 Å². The monoisotopic (exact) mass is 395 g/mol. The predicted molar refractivity (Wildman–Crippen MR) is 111 cm³/mol. The van der Waals surface area contributed by atoms with E-state index in [2.05, 4.69) is 10.6 Å². The molecule has 0 aliphatic heterocycles. The van der Waals surface area contributed by atoms with Gasteiger partial charge in [0, 0.05) is 30.5 Å². The highest BCUT2D eigenvalue weighted by Crippen LogP contribution is 2.31. The third-order valence-electron chi connectivity index (χ3n) is 4.02. The van der Waals surface area contributed by atoms with Gasteiger partial charge in [0.05, 0.1) is 12.8 Å². The van der Waals surface area contributed by atoms with Gasteiger partial charge in [-0.3, -0.25) is 9.59 Å². The number of anilines is 1. The zero-order chi connectivity index (χ0) is 20.1. The van der Waals surface area contributed by atoms with E-state index in [9.17, 15) is 9.59 Å². The Kier molecular flexibility index (Phi) is 6.06. The first-order valence-electron chi connectivity index (χ1n) is 8.71. The van der Waals surface area contributed by atoms with Gasteiger partial charge in [-0.15, -0.1) is 11.3 Å². The molecule has 2 aromatic carbocycles. The van der Waals surface area contributed by atoms with E-state index in [1.807, 2.05) is 53.9 Å². The Morgan fingerprint density at radius 2 is 1.86 bits per heavy atom. The number of amides is 2. The lowest BCUT2D eigenvalue weighted by molar-refractivity contribution is -0.119. The first-order valence-corrected chi connectivity index (χ1v) is 9.58. The molecule has 0 spiro atoms. The van der Waals surface area contributed by atoms with Gasteiger partial charge in [0.1, 0.15) is 16.8 Å². The molecule has 0 fully saturated rings. The summed E-state index contributed by atoms with van der Waals surface area (Å²) in [4.78, 5) is 27.8. The lowest BCUT2D eigenvalue weighted by Crippen LogP contribution is -2.26. The summed E-state index contributed by atoms with van der Waals surface area (Å²) in [5.74, 6) is 0.449. The normalized spacial score (nSPS) is 11.5. The first kappa shape index (κ1) is 19.6. The summed E-state index contributed by atoms with van der Waals surface area (Å²) in [6.07, 6.45) is 0. The number of carbonyl (C=O) groups is 2. The average Bonchev–Trinajstić information content (AvgIpc) is 3.15. The lowest BCUT2D eigenvalue weighted by Gasteiger charge is -2.16.